The molecule has 302 valence electrons. The van der Waals surface area contributed by atoms with Crippen molar-refractivity contribution < 1.29 is 0 Å². The summed E-state index contributed by atoms with van der Waals surface area (Å²) in [4.78, 5) is 71.3. The predicted molar refractivity (Wildman–Crippen MR) is 246 cm³/mol. The molecule has 0 radical (unpaired) electrons. The molecule has 11 nitrogen and oxygen atoms in total. The van der Waals surface area contributed by atoms with Crippen molar-refractivity contribution in [3.05, 3.63) is 161 Å². The highest BCUT2D eigenvalue weighted by Gasteiger charge is 2.20. The summed E-state index contributed by atoms with van der Waals surface area (Å²) in [6.45, 7) is 2.53. The topological polar surface area (TPSA) is 140 Å². The average Bonchev–Trinajstić information content (AvgIpc) is 4.15. The fourth-order valence-corrected chi connectivity index (χ4v) is 8.80. The van der Waals surface area contributed by atoms with Crippen LogP contribution in [0.4, 0.5) is 0 Å². The van der Waals surface area contributed by atoms with E-state index in [0.29, 0.717) is 6.54 Å². The number of rotatable bonds is 11. The molecule has 0 spiro atoms. The Labute approximate surface area is 349 Å². The Morgan fingerprint density at radius 3 is 1.64 bits per heavy atom. The average molecular weight is 806 g/mol. The summed E-state index contributed by atoms with van der Waals surface area (Å²) >= 11 is 0. The van der Waals surface area contributed by atoms with Gasteiger partial charge >= 0.3 is 0 Å². The molecule has 2 aliphatic heterocycles. The van der Waals surface area contributed by atoms with Crippen LogP contribution in [0, 0.1) is 0 Å². The zero-order valence-corrected chi connectivity index (χ0v) is 34.0. The van der Waals surface area contributed by atoms with Crippen molar-refractivity contribution in [2.24, 2.45) is 7.05 Å². The first-order valence-electron chi connectivity index (χ1n) is 21.0. The van der Waals surface area contributed by atoms with E-state index in [9.17, 15) is 19.2 Å². The smallest absolute Gasteiger partial charge is 0.261 e. The fourth-order valence-electron chi connectivity index (χ4n) is 8.80. The molecule has 0 saturated heterocycles. The highest BCUT2D eigenvalue weighted by Crippen LogP contribution is 2.33. The van der Waals surface area contributed by atoms with Gasteiger partial charge in [0.1, 0.15) is 0 Å². The molecule has 0 saturated carbocycles. The van der Waals surface area contributed by atoms with Crippen LogP contribution in [-0.4, -0.2) is 33.6 Å². The maximum atomic E-state index is 13.7. The van der Waals surface area contributed by atoms with Crippen LogP contribution < -0.4 is 22.2 Å². The first-order chi connectivity index (χ1) is 29.7. The summed E-state index contributed by atoms with van der Waals surface area (Å²) in [6, 6.07) is 27.0. The van der Waals surface area contributed by atoms with Gasteiger partial charge in [0.2, 0.25) is 0 Å². The highest BCUT2D eigenvalue weighted by molar-refractivity contribution is 5.98. The lowest BCUT2D eigenvalue weighted by molar-refractivity contribution is 0.547. The third-order valence-corrected chi connectivity index (χ3v) is 12.0. The maximum Gasteiger partial charge on any atom is 0.261 e. The molecular weight excluding hydrogens is 763 g/mol. The zero-order chi connectivity index (χ0) is 41.8. The van der Waals surface area contributed by atoms with E-state index < -0.39 is 22.2 Å². The van der Waals surface area contributed by atoms with Gasteiger partial charge in [-0.15, -0.1) is 0 Å². The van der Waals surface area contributed by atoms with Gasteiger partial charge in [-0.05, 0) is 103 Å². The number of aryl methyl sites for hydroxylation is 1. The summed E-state index contributed by atoms with van der Waals surface area (Å²) in [6.07, 6.45) is 16.3. The van der Waals surface area contributed by atoms with Crippen LogP contribution >= 0.6 is 0 Å². The highest BCUT2D eigenvalue weighted by atomic mass is 16.2. The molecule has 2 N–H and O–H groups in total. The van der Waals surface area contributed by atoms with Gasteiger partial charge in [-0.3, -0.25) is 28.3 Å². The van der Waals surface area contributed by atoms with Crippen LogP contribution in [0.1, 0.15) is 73.8 Å². The van der Waals surface area contributed by atoms with Crippen LogP contribution in [-0.2, 0) is 20.1 Å². The minimum absolute atomic E-state index is 0.0361. The van der Waals surface area contributed by atoms with Gasteiger partial charge in [-0.1, -0.05) is 63.3 Å². The lowest BCUT2D eigenvalue weighted by atomic mass is 10.0. The largest absolute Gasteiger partial charge is 0.355 e. The van der Waals surface area contributed by atoms with Crippen LogP contribution in [0.15, 0.2) is 110 Å². The molecule has 2 aromatic carbocycles. The summed E-state index contributed by atoms with van der Waals surface area (Å²) in [7, 11) is 2.02. The molecule has 61 heavy (non-hydrogen) atoms. The summed E-state index contributed by atoms with van der Waals surface area (Å²) in [5.41, 5.74) is 9.67. The molecule has 0 unspecified atom stereocenters. The molecule has 0 fully saturated rings. The minimum atomic E-state index is -0.481. The van der Waals surface area contributed by atoms with Crippen LogP contribution in [0.5, 0.6) is 0 Å². The summed E-state index contributed by atoms with van der Waals surface area (Å²) in [5.74, 6) is 0. The standard InChI is InChI=1S/C50H43N7O4/c1-3-4-5-6-7-8-24-56-47(58)36-27-38-39(28-37(36)48(56)59)50(61)57(49(38)60)29-30-11-13-31(14-12-30)45-40-19-15-32(51-40)25-34-17-21-42(53-34)46(44-10-9-23-55(44)2)43-22-18-35(54-43)26-33-16-20-41(45)52-33/h9-23,25-28,51-52H,3-8,24,29H2,1-2H3. The second-order valence-corrected chi connectivity index (χ2v) is 16.1. The number of unbranched alkanes of at least 4 members (excludes halogenated alkanes) is 5. The molecule has 8 aromatic rings. The van der Waals surface area contributed by atoms with Crippen LogP contribution in [0.25, 0.3) is 90.3 Å². The van der Waals surface area contributed by atoms with Crippen LogP contribution in [0.3, 0.4) is 0 Å². The Bertz CT molecular complexity index is 3320. The summed E-state index contributed by atoms with van der Waals surface area (Å²) in [5, 5.41) is 0.676. The second-order valence-electron chi connectivity index (χ2n) is 16.1. The van der Waals surface area contributed by atoms with E-state index >= 15 is 0 Å². The number of fused-ring (bicyclic) bond motifs is 10. The van der Waals surface area contributed by atoms with Crippen molar-refractivity contribution >= 4 is 67.9 Å². The number of nitrogens with one attached hydrogen (secondary N) is 2. The van der Waals surface area contributed by atoms with Gasteiger partial charge in [0.25, 0.3) is 22.2 Å². The third kappa shape index (κ3) is 6.81. The van der Waals surface area contributed by atoms with E-state index in [2.05, 4.69) is 27.5 Å². The predicted octanol–water partition coefficient (Wildman–Crippen LogP) is 8.96. The van der Waals surface area contributed by atoms with Gasteiger partial charge in [-0.25, -0.2) is 9.97 Å². The van der Waals surface area contributed by atoms with Crippen LogP contribution in [0.2, 0.25) is 0 Å². The van der Waals surface area contributed by atoms with Crippen molar-refractivity contribution in [2.75, 3.05) is 0 Å². The third-order valence-electron chi connectivity index (χ3n) is 12.0. The second kappa shape index (κ2) is 15.3. The monoisotopic (exact) mass is 805 g/mol. The van der Waals surface area contributed by atoms with Crippen molar-refractivity contribution in [2.45, 2.75) is 58.5 Å². The molecular formula is C50H43N7O4. The number of hydrogen-bond acceptors (Lipinski definition) is 6. The Hall–Kier alpha value is -7.40. The Morgan fingerprint density at radius 1 is 0.557 bits per heavy atom. The van der Waals surface area contributed by atoms with E-state index in [4.69, 9.17) is 9.97 Å². The van der Waals surface area contributed by atoms with E-state index in [0.717, 1.165) is 105 Å². The van der Waals surface area contributed by atoms with Gasteiger partial charge in [0.15, 0.2) is 0 Å². The fraction of sp³-hybridized carbons (Fsp3) is 0.200. The molecule has 11 heteroatoms. The van der Waals surface area contributed by atoms with Gasteiger partial charge < -0.3 is 14.5 Å². The number of nitrogens with zero attached hydrogens (tertiary/aromatic N) is 5. The molecule has 10 rings (SSSR count). The van der Waals surface area contributed by atoms with E-state index in [1.54, 1.807) is 0 Å². The quantitative estimate of drug-likeness (QED) is 0.125. The molecule has 0 aliphatic carbocycles. The molecule has 0 atom stereocenters. The van der Waals surface area contributed by atoms with Crippen molar-refractivity contribution in [3.8, 4) is 22.4 Å². The number of aromatic nitrogens is 7. The first-order valence-corrected chi connectivity index (χ1v) is 21.0. The van der Waals surface area contributed by atoms with E-state index in [1.165, 1.54) is 27.7 Å². The Kier molecular flexibility index (Phi) is 9.51. The molecule has 6 aromatic heterocycles. The lowest BCUT2D eigenvalue weighted by Crippen LogP contribution is -2.26. The SMILES string of the molecule is CCCCCCCCn1c(=O)c2cc3c(=O)n(Cc4ccc(-c5c6ccc(cc7nc(c(-c8cccn8C)c8nc(cc9ccc5[nH]9)C=C8)C=C7)[nH]6)cc4)c(=O)c3cc2c1=O. The number of H-pyrrole nitrogens is 2. The molecule has 8 heterocycles. The molecule has 8 bridgehead atoms. The van der Waals surface area contributed by atoms with Crippen molar-refractivity contribution in [3.63, 3.8) is 0 Å². The Morgan fingerprint density at radius 2 is 1.10 bits per heavy atom. The van der Waals surface area contributed by atoms with Gasteiger partial charge in [-0.2, -0.15) is 0 Å². The number of aromatic amines is 2. The normalized spacial score (nSPS) is 12.4. The van der Waals surface area contributed by atoms with E-state index in [1.807, 2.05) is 104 Å². The van der Waals surface area contributed by atoms with Crippen molar-refractivity contribution in [1.82, 2.24) is 33.6 Å². The van der Waals surface area contributed by atoms with Crippen molar-refractivity contribution in [1.29, 1.82) is 0 Å². The van der Waals surface area contributed by atoms with Gasteiger partial charge in [0, 0.05) is 53.0 Å². The zero-order valence-electron chi connectivity index (χ0n) is 34.0. The van der Waals surface area contributed by atoms with E-state index in [-0.39, 0.29) is 28.1 Å². The molecule has 2 aliphatic rings. The number of benzene rings is 2. The maximum absolute atomic E-state index is 13.7. The van der Waals surface area contributed by atoms with Gasteiger partial charge in [0.05, 0.1) is 56.6 Å². The first kappa shape index (κ1) is 37.8. The minimum Gasteiger partial charge on any atom is -0.355 e. The number of hydrogen-bond donors (Lipinski definition) is 2. The lowest BCUT2D eigenvalue weighted by Gasteiger charge is -2.06. The summed E-state index contributed by atoms with van der Waals surface area (Å²) < 4.78 is 4.52. The Balaban J connectivity index is 1.00. The molecule has 0 amide bonds.